The first-order valence-electron chi connectivity index (χ1n) is 11.1. The molecule has 0 aliphatic heterocycles. The summed E-state index contributed by atoms with van der Waals surface area (Å²) < 4.78 is 12.8. The van der Waals surface area contributed by atoms with Crippen LogP contribution in [0.4, 0.5) is 0 Å². The molecule has 2 N–H and O–H groups in total. The van der Waals surface area contributed by atoms with E-state index in [1.165, 1.54) is 0 Å². The van der Waals surface area contributed by atoms with Gasteiger partial charge < -0.3 is 24.7 Å². The number of halogens is 1. The van der Waals surface area contributed by atoms with Crippen molar-refractivity contribution < 1.29 is 9.47 Å². The van der Waals surface area contributed by atoms with Gasteiger partial charge in [-0.25, -0.2) is 4.99 Å². The molecule has 1 aromatic heterocycles. The molecule has 0 unspecified atom stereocenters. The summed E-state index contributed by atoms with van der Waals surface area (Å²) in [7, 11) is 0. The first-order valence-corrected chi connectivity index (χ1v) is 11.1. The second-order valence-electron chi connectivity index (χ2n) is 7.18. The quantitative estimate of drug-likeness (QED) is 0.162. The van der Waals surface area contributed by atoms with Crippen LogP contribution in [0, 0.1) is 0 Å². The topological polar surface area (TPSA) is 76.9 Å². The first kappa shape index (κ1) is 28.1. The number of hydrogen-bond acceptors (Lipinski definition) is 4. The van der Waals surface area contributed by atoms with Gasteiger partial charge in [-0.05, 0) is 30.5 Å². The van der Waals surface area contributed by atoms with Crippen LogP contribution in [-0.4, -0.2) is 50.0 Å². The lowest BCUT2D eigenvalue weighted by atomic mass is 10.1. The molecule has 0 spiro atoms. The molecule has 0 atom stereocenters. The van der Waals surface area contributed by atoms with Crippen LogP contribution >= 0.6 is 24.0 Å². The Labute approximate surface area is 208 Å². The maximum absolute atomic E-state index is 11.8. The average molecular weight is 556 g/mol. The number of nitrogens with one attached hydrogen (secondary N) is 2. The normalized spacial score (nSPS) is 11.1. The van der Waals surface area contributed by atoms with Gasteiger partial charge in [0.15, 0.2) is 5.96 Å². The smallest absolute Gasteiger partial charge is 0.250 e. The summed E-state index contributed by atoms with van der Waals surface area (Å²) in [5, 5.41) is 6.54. The highest BCUT2D eigenvalue weighted by Gasteiger charge is 2.00. The zero-order valence-electron chi connectivity index (χ0n) is 19.2. The number of rotatable bonds is 14. The molecule has 0 fully saturated rings. The van der Waals surface area contributed by atoms with Crippen molar-refractivity contribution in [2.45, 2.75) is 39.8 Å². The second kappa shape index (κ2) is 17.6. The lowest BCUT2D eigenvalue weighted by Crippen LogP contribution is -2.39. The summed E-state index contributed by atoms with van der Waals surface area (Å²) in [4.78, 5) is 16.5. The third-order valence-electron chi connectivity index (χ3n) is 4.59. The Kier molecular flexibility index (Phi) is 15.5. The SMILES string of the molecule is CCCCOCCOCCNC(=NCc1ccc(Cn2ccccc2=O)cc1)NCC.I. The Balaban J connectivity index is 0.00000512. The van der Waals surface area contributed by atoms with Crippen LogP contribution in [0.15, 0.2) is 58.4 Å². The molecular weight excluding hydrogens is 519 g/mol. The average Bonchev–Trinajstić information content (AvgIpc) is 2.78. The summed E-state index contributed by atoms with van der Waals surface area (Å²) in [5.74, 6) is 0.769. The zero-order chi connectivity index (χ0) is 22.2. The first-order chi connectivity index (χ1) is 15.2. The molecule has 0 bridgehead atoms. The van der Waals surface area contributed by atoms with E-state index in [9.17, 15) is 4.79 Å². The van der Waals surface area contributed by atoms with Crippen molar-refractivity contribution in [1.29, 1.82) is 0 Å². The Bertz CT molecular complexity index is 824. The molecule has 0 amide bonds. The van der Waals surface area contributed by atoms with Crippen molar-refractivity contribution in [3.8, 4) is 0 Å². The number of guanidine groups is 1. The van der Waals surface area contributed by atoms with Gasteiger partial charge in [-0.2, -0.15) is 0 Å². The molecule has 8 heteroatoms. The lowest BCUT2D eigenvalue weighted by Gasteiger charge is -2.12. The van der Waals surface area contributed by atoms with Gasteiger partial charge in [0.05, 0.1) is 32.9 Å². The van der Waals surface area contributed by atoms with Crippen LogP contribution in [0.5, 0.6) is 0 Å². The van der Waals surface area contributed by atoms with Gasteiger partial charge in [-0.3, -0.25) is 4.79 Å². The lowest BCUT2D eigenvalue weighted by molar-refractivity contribution is 0.0487. The van der Waals surface area contributed by atoms with E-state index in [0.717, 1.165) is 43.1 Å². The molecular formula is C24H37IN4O3. The van der Waals surface area contributed by atoms with E-state index in [0.29, 0.717) is 39.5 Å². The molecule has 1 heterocycles. The predicted octanol–water partition coefficient (Wildman–Crippen LogP) is 3.40. The Morgan fingerprint density at radius 1 is 0.938 bits per heavy atom. The number of pyridine rings is 1. The van der Waals surface area contributed by atoms with E-state index in [4.69, 9.17) is 9.47 Å². The van der Waals surface area contributed by atoms with Gasteiger partial charge in [0.2, 0.25) is 0 Å². The number of aliphatic imine (C=N–C) groups is 1. The highest BCUT2D eigenvalue weighted by Crippen LogP contribution is 2.07. The number of nitrogens with zero attached hydrogens (tertiary/aromatic N) is 2. The number of benzene rings is 1. The standard InChI is InChI=1S/C24H36N4O3.HI/c1-3-5-15-30-17-18-31-16-13-26-24(25-4-2)27-19-21-9-11-22(12-10-21)20-28-14-7-6-8-23(28)29;/h6-12,14H,3-5,13,15-20H2,1-2H3,(H2,25,26,27);1H. The van der Waals surface area contributed by atoms with E-state index in [1.54, 1.807) is 22.9 Å². The largest absolute Gasteiger partial charge is 0.379 e. The Morgan fingerprint density at radius 3 is 2.34 bits per heavy atom. The highest BCUT2D eigenvalue weighted by molar-refractivity contribution is 14.0. The van der Waals surface area contributed by atoms with Crippen LogP contribution in [0.2, 0.25) is 0 Å². The third-order valence-corrected chi connectivity index (χ3v) is 4.59. The molecule has 2 aromatic rings. The van der Waals surface area contributed by atoms with E-state index in [2.05, 4.69) is 34.7 Å². The van der Waals surface area contributed by atoms with E-state index < -0.39 is 0 Å². The van der Waals surface area contributed by atoms with Crippen molar-refractivity contribution in [2.75, 3.05) is 39.5 Å². The molecule has 0 radical (unpaired) electrons. The predicted molar refractivity (Wildman–Crippen MR) is 141 cm³/mol. The maximum atomic E-state index is 11.8. The zero-order valence-corrected chi connectivity index (χ0v) is 21.5. The fourth-order valence-electron chi connectivity index (χ4n) is 2.86. The van der Waals surface area contributed by atoms with Gasteiger partial charge in [-0.1, -0.05) is 43.7 Å². The summed E-state index contributed by atoms with van der Waals surface area (Å²) >= 11 is 0. The summed E-state index contributed by atoms with van der Waals surface area (Å²) in [6.45, 7) is 9.49. The van der Waals surface area contributed by atoms with Gasteiger partial charge in [0.25, 0.3) is 5.56 Å². The molecule has 32 heavy (non-hydrogen) atoms. The second-order valence-corrected chi connectivity index (χ2v) is 7.18. The van der Waals surface area contributed by atoms with E-state index >= 15 is 0 Å². The van der Waals surface area contributed by atoms with Crippen LogP contribution in [0.25, 0.3) is 0 Å². The van der Waals surface area contributed by atoms with Crippen LogP contribution in [0.1, 0.15) is 37.8 Å². The van der Waals surface area contributed by atoms with Crippen molar-refractivity contribution >= 4 is 29.9 Å². The molecule has 0 saturated carbocycles. The fourth-order valence-corrected chi connectivity index (χ4v) is 2.86. The molecule has 2 rings (SSSR count). The van der Waals surface area contributed by atoms with Crippen molar-refractivity contribution in [1.82, 2.24) is 15.2 Å². The summed E-state index contributed by atoms with van der Waals surface area (Å²) in [5.41, 5.74) is 2.20. The molecule has 0 aliphatic carbocycles. The van der Waals surface area contributed by atoms with E-state index in [1.807, 2.05) is 25.1 Å². The Morgan fingerprint density at radius 2 is 1.66 bits per heavy atom. The third kappa shape index (κ3) is 11.6. The maximum Gasteiger partial charge on any atom is 0.250 e. The number of hydrogen-bond donors (Lipinski definition) is 2. The molecule has 1 aromatic carbocycles. The van der Waals surface area contributed by atoms with Gasteiger partial charge in [-0.15, -0.1) is 24.0 Å². The van der Waals surface area contributed by atoms with Crippen LogP contribution < -0.4 is 16.2 Å². The van der Waals surface area contributed by atoms with Crippen molar-refractivity contribution in [3.63, 3.8) is 0 Å². The minimum Gasteiger partial charge on any atom is -0.379 e. The molecule has 0 aliphatic rings. The van der Waals surface area contributed by atoms with Crippen molar-refractivity contribution in [3.05, 3.63) is 70.1 Å². The highest BCUT2D eigenvalue weighted by atomic mass is 127. The molecule has 0 saturated heterocycles. The van der Waals surface area contributed by atoms with Gasteiger partial charge in [0.1, 0.15) is 0 Å². The Hall–Kier alpha value is -1.91. The van der Waals surface area contributed by atoms with Crippen LogP contribution in [0.3, 0.4) is 0 Å². The monoisotopic (exact) mass is 556 g/mol. The molecule has 7 nitrogen and oxygen atoms in total. The van der Waals surface area contributed by atoms with Gasteiger partial charge >= 0.3 is 0 Å². The minimum absolute atomic E-state index is 0. The van der Waals surface area contributed by atoms with Crippen molar-refractivity contribution in [2.24, 2.45) is 4.99 Å². The summed E-state index contributed by atoms with van der Waals surface area (Å²) in [6, 6.07) is 13.4. The minimum atomic E-state index is 0. The van der Waals surface area contributed by atoms with Crippen LogP contribution in [-0.2, 0) is 22.6 Å². The number of aromatic nitrogens is 1. The molecule has 178 valence electrons. The fraction of sp³-hybridized carbons (Fsp3) is 0.500. The van der Waals surface area contributed by atoms with E-state index in [-0.39, 0.29) is 29.5 Å². The number of ether oxygens (including phenoxy) is 2. The number of unbranched alkanes of at least 4 members (excludes halogenated alkanes) is 1. The van der Waals surface area contributed by atoms with Gasteiger partial charge in [0, 0.05) is 32.0 Å². The summed E-state index contributed by atoms with van der Waals surface area (Å²) in [6.07, 6.45) is 4.05.